The van der Waals surface area contributed by atoms with Gasteiger partial charge in [-0.15, -0.1) is 0 Å². The zero-order valence-electron chi connectivity index (χ0n) is 27.1. The first-order valence-electron chi connectivity index (χ1n) is 17.0. The molecule has 0 bridgehead atoms. The smallest absolute Gasteiger partial charge is 0.237 e. The molecule has 5 rings (SSSR count). The summed E-state index contributed by atoms with van der Waals surface area (Å²) in [6.07, 6.45) is 7.43. The first-order chi connectivity index (χ1) is 21.2. The molecule has 7 heteroatoms. The number of likely N-dealkylation sites (tertiary alicyclic amines) is 2. The molecule has 4 unspecified atom stereocenters. The average Bonchev–Trinajstić information content (AvgIpc) is 3.28. The second kappa shape index (κ2) is 15.0. The van der Waals surface area contributed by atoms with Crippen LogP contribution in [0, 0.1) is 17.8 Å². The van der Waals surface area contributed by atoms with Crippen molar-refractivity contribution in [3.63, 3.8) is 0 Å². The summed E-state index contributed by atoms with van der Waals surface area (Å²) in [5.74, 6) is 1.33. The summed E-state index contributed by atoms with van der Waals surface area (Å²) in [6, 6.07) is 20.5. The summed E-state index contributed by atoms with van der Waals surface area (Å²) in [5, 5.41) is 18.3. The molecule has 2 amide bonds. The van der Waals surface area contributed by atoms with E-state index in [-0.39, 0.29) is 35.4 Å². The van der Waals surface area contributed by atoms with Crippen molar-refractivity contribution in [2.45, 2.75) is 102 Å². The first-order valence-corrected chi connectivity index (χ1v) is 17.0. The molecule has 2 heterocycles. The zero-order valence-corrected chi connectivity index (χ0v) is 27.1. The highest BCUT2D eigenvalue weighted by molar-refractivity contribution is 5.83. The topological polar surface area (TPSA) is 84.9 Å². The van der Waals surface area contributed by atoms with Crippen molar-refractivity contribution < 1.29 is 14.7 Å². The second-order valence-electron chi connectivity index (χ2n) is 14.6. The van der Waals surface area contributed by atoms with E-state index in [1.165, 1.54) is 36.8 Å². The fraction of sp³-hybridized carbons (Fsp3) is 0.622. The van der Waals surface area contributed by atoms with E-state index in [9.17, 15) is 14.7 Å². The number of carbonyl (C=O) groups excluding carboxylic acids is 2. The van der Waals surface area contributed by atoms with Crippen molar-refractivity contribution in [2.75, 3.05) is 26.2 Å². The van der Waals surface area contributed by atoms with Gasteiger partial charge in [-0.25, -0.2) is 0 Å². The van der Waals surface area contributed by atoms with Crippen molar-refractivity contribution in [1.82, 2.24) is 20.4 Å². The SMILES string of the molecule is CC(C)(C)NC(=O)C1C[C@@H]2CCCC[C@@H]2CN1CC(O)CN1C(=O)C(CCNCc2ccccc2)CC1Cc1ccccc1. The molecule has 2 saturated heterocycles. The molecule has 44 heavy (non-hydrogen) atoms. The van der Waals surface area contributed by atoms with E-state index in [1.54, 1.807) is 0 Å². The molecular formula is C37H54N4O3. The maximum atomic E-state index is 13.8. The van der Waals surface area contributed by atoms with Crippen LogP contribution in [0.3, 0.4) is 0 Å². The molecule has 6 atom stereocenters. The van der Waals surface area contributed by atoms with Crippen LogP contribution in [0.25, 0.3) is 0 Å². The van der Waals surface area contributed by atoms with Gasteiger partial charge in [-0.3, -0.25) is 14.5 Å². The number of β-amino-alcohol motifs (C(OH)–C–C–N with tert-alkyl or cyclic N) is 1. The van der Waals surface area contributed by atoms with Crippen LogP contribution in [-0.4, -0.2) is 76.6 Å². The molecule has 2 aromatic rings. The Hall–Kier alpha value is -2.74. The molecule has 1 saturated carbocycles. The van der Waals surface area contributed by atoms with Gasteiger partial charge in [0.1, 0.15) is 0 Å². The van der Waals surface area contributed by atoms with Crippen molar-refractivity contribution >= 4 is 11.8 Å². The first kappa shape index (κ1) is 32.6. The van der Waals surface area contributed by atoms with Crippen LogP contribution in [0.1, 0.15) is 76.8 Å². The van der Waals surface area contributed by atoms with Gasteiger partial charge in [0.2, 0.25) is 11.8 Å². The molecule has 7 nitrogen and oxygen atoms in total. The van der Waals surface area contributed by atoms with Crippen LogP contribution in [0.4, 0.5) is 0 Å². The second-order valence-corrected chi connectivity index (χ2v) is 14.6. The lowest BCUT2D eigenvalue weighted by molar-refractivity contribution is -0.136. The van der Waals surface area contributed by atoms with E-state index >= 15 is 0 Å². The standard InChI is InChI=1S/C37H54N4O3/c1-37(2,3)39-35(43)34-22-29-16-10-11-17-31(29)24-40(34)25-33(42)26-41-32(20-27-12-6-4-7-13-27)21-30(36(41)44)18-19-38-23-28-14-8-5-9-15-28/h4-9,12-15,29-34,38,42H,10-11,16-26H2,1-3H3,(H,39,43)/t29-,30?,31+,32?,33?,34?/m0/s1. The molecule has 3 aliphatic rings. The number of hydrogen-bond acceptors (Lipinski definition) is 5. The van der Waals surface area contributed by atoms with Crippen LogP contribution in [-0.2, 0) is 22.6 Å². The number of aliphatic hydroxyl groups excluding tert-OH is 1. The molecule has 0 spiro atoms. The number of rotatable bonds is 12. The van der Waals surface area contributed by atoms with E-state index in [4.69, 9.17) is 0 Å². The van der Waals surface area contributed by atoms with Crippen LogP contribution >= 0.6 is 0 Å². The van der Waals surface area contributed by atoms with E-state index in [0.29, 0.717) is 24.9 Å². The highest BCUT2D eigenvalue weighted by Crippen LogP contribution is 2.39. The van der Waals surface area contributed by atoms with E-state index in [2.05, 4.69) is 39.8 Å². The molecule has 1 aliphatic carbocycles. The van der Waals surface area contributed by atoms with E-state index in [0.717, 1.165) is 45.3 Å². The van der Waals surface area contributed by atoms with Gasteiger partial charge in [-0.05, 0) is 82.4 Å². The Kier molecular flexibility index (Phi) is 11.2. The van der Waals surface area contributed by atoms with Gasteiger partial charge in [0, 0.05) is 43.7 Å². The Morgan fingerprint density at radius 1 is 0.932 bits per heavy atom. The number of benzene rings is 2. The number of aliphatic hydroxyl groups is 1. The van der Waals surface area contributed by atoms with Crippen LogP contribution in [0.15, 0.2) is 60.7 Å². The summed E-state index contributed by atoms with van der Waals surface area (Å²) >= 11 is 0. The number of carbonyl (C=O) groups is 2. The summed E-state index contributed by atoms with van der Waals surface area (Å²) in [7, 11) is 0. The third kappa shape index (κ3) is 8.92. The lowest BCUT2D eigenvalue weighted by Crippen LogP contribution is -2.59. The van der Waals surface area contributed by atoms with Gasteiger partial charge >= 0.3 is 0 Å². The number of piperidine rings is 1. The Labute approximate surface area is 264 Å². The molecule has 240 valence electrons. The number of amides is 2. The van der Waals surface area contributed by atoms with E-state index in [1.807, 2.05) is 62.1 Å². The highest BCUT2D eigenvalue weighted by atomic mass is 16.3. The largest absolute Gasteiger partial charge is 0.390 e. The van der Waals surface area contributed by atoms with Gasteiger partial charge in [-0.2, -0.15) is 0 Å². The third-order valence-corrected chi connectivity index (χ3v) is 9.94. The molecule has 0 radical (unpaired) electrons. The lowest BCUT2D eigenvalue weighted by Gasteiger charge is -2.46. The minimum absolute atomic E-state index is 0.0533. The molecule has 3 fully saturated rings. The summed E-state index contributed by atoms with van der Waals surface area (Å²) in [4.78, 5) is 31.5. The van der Waals surface area contributed by atoms with Crippen LogP contribution in [0.2, 0.25) is 0 Å². The fourth-order valence-corrected chi connectivity index (χ4v) is 7.82. The Morgan fingerprint density at radius 3 is 2.27 bits per heavy atom. The van der Waals surface area contributed by atoms with Gasteiger partial charge < -0.3 is 20.6 Å². The van der Waals surface area contributed by atoms with Gasteiger partial charge in [0.05, 0.1) is 12.1 Å². The monoisotopic (exact) mass is 602 g/mol. The van der Waals surface area contributed by atoms with Gasteiger partial charge in [0.25, 0.3) is 0 Å². The highest BCUT2D eigenvalue weighted by Gasteiger charge is 2.43. The van der Waals surface area contributed by atoms with Crippen molar-refractivity contribution in [3.8, 4) is 0 Å². The Balaban J connectivity index is 1.23. The maximum absolute atomic E-state index is 13.8. The number of hydrogen-bond donors (Lipinski definition) is 3. The van der Waals surface area contributed by atoms with Crippen molar-refractivity contribution in [1.29, 1.82) is 0 Å². The van der Waals surface area contributed by atoms with Gasteiger partial charge in [-0.1, -0.05) is 79.9 Å². The lowest BCUT2D eigenvalue weighted by atomic mass is 9.72. The molecule has 2 aromatic carbocycles. The summed E-state index contributed by atoms with van der Waals surface area (Å²) < 4.78 is 0. The Bertz CT molecular complexity index is 1200. The molecule has 0 aromatic heterocycles. The van der Waals surface area contributed by atoms with Crippen molar-refractivity contribution in [3.05, 3.63) is 71.8 Å². The molecular weight excluding hydrogens is 548 g/mol. The predicted molar refractivity (Wildman–Crippen MR) is 176 cm³/mol. The molecule has 2 aliphatic heterocycles. The number of nitrogens with zero attached hydrogens (tertiary/aromatic N) is 2. The fourth-order valence-electron chi connectivity index (χ4n) is 7.82. The van der Waals surface area contributed by atoms with Crippen molar-refractivity contribution in [2.24, 2.45) is 17.8 Å². The summed E-state index contributed by atoms with van der Waals surface area (Å²) in [5.41, 5.74) is 2.15. The minimum atomic E-state index is -0.711. The predicted octanol–water partition coefficient (Wildman–Crippen LogP) is 4.78. The average molecular weight is 603 g/mol. The number of fused-ring (bicyclic) bond motifs is 1. The van der Waals surface area contributed by atoms with Crippen LogP contribution in [0.5, 0.6) is 0 Å². The Morgan fingerprint density at radius 2 is 1.59 bits per heavy atom. The number of nitrogens with one attached hydrogen (secondary N) is 2. The maximum Gasteiger partial charge on any atom is 0.237 e. The zero-order chi connectivity index (χ0) is 31.1. The summed E-state index contributed by atoms with van der Waals surface area (Å²) in [6.45, 7) is 9.21. The molecule has 3 N–H and O–H groups in total. The minimum Gasteiger partial charge on any atom is -0.390 e. The van der Waals surface area contributed by atoms with Crippen LogP contribution < -0.4 is 10.6 Å². The normalized spacial score (nSPS) is 26.8. The third-order valence-electron chi connectivity index (χ3n) is 9.94. The van der Waals surface area contributed by atoms with E-state index < -0.39 is 6.10 Å². The van der Waals surface area contributed by atoms with Gasteiger partial charge in [0.15, 0.2) is 0 Å². The quantitative estimate of drug-likeness (QED) is 0.305.